The third-order valence-electron chi connectivity index (χ3n) is 4.55. The van der Waals surface area contributed by atoms with Gasteiger partial charge in [-0.3, -0.25) is 0 Å². The van der Waals surface area contributed by atoms with Gasteiger partial charge in [0.1, 0.15) is 11.3 Å². The summed E-state index contributed by atoms with van der Waals surface area (Å²) in [5.41, 5.74) is 0.130. The lowest BCUT2D eigenvalue weighted by Crippen LogP contribution is -2.29. The first kappa shape index (κ1) is 14.0. The van der Waals surface area contributed by atoms with Gasteiger partial charge in [0.25, 0.3) is 0 Å². The van der Waals surface area contributed by atoms with Gasteiger partial charge in [-0.25, -0.2) is 4.79 Å². The Morgan fingerprint density at radius 3 is 2.57 bits per heavy atom. The number of hydrogen-bond acceptors (Lipinski definition) is 4. The van der Waals surface area contributed by atoms with Gasteiger partial charge in [-0.1, -0.05) is 13.8 Å². The number of carboxylic acid groups (broad SMARTS) is 1. The van der Waals surface area contributed by atoms with E-state index in [1.54, 1.807) is 6.07 Å². The van der Waals surface area contributed by atoms with Crippen LogP contribution in [0.15, 0.2) is 12.1 Å². The van der Waals surface area contributed by atoms with Crippen LogP contribution in [-0.2, 0) is 0 Å². The zero-order valence-electron chi connectivity index (χ0n) is 12.3. The molecule has 1 aromatic rings. The molecule has 21 heavy (non-hydrogen) atoms. The molecule has 3 unspecified atom stereocenters. The van der Waals surface area contributed by atoms with Crippen molar-refractivity contribution in [3.8, 4) is 17.2 Å². The van der Waals surface area contributed by atoms with E-state index >= 15 is 0 Å². The van der Waals surface area contributed by atoms with Crippen LogP contribution in [0.5, 0.6) is 17.2 Å². The topological polar surface area (TPSA) is 65.0 Å². The minimum absolute atomic E-state index is 0.0645. The zero-order chi connectivity index (χ0) is 15.0. The van der Waals surface area contributed by atoms with Crippen molar-refractivity contribution in [3.05, 3.63) is 17.7 Å². The Balaban J connectivity index is 1.83. The maximum absolute atomic E-state index is 11.4. The highest BCUT2D eigenvalue weighted by molar-refractivity contribution is 5.92. The first-order chi connectivity index (χ1) is 10.0. The van der Waals surface area contributed by atoms with Crippen LogP contribution in [0.3, 0.4) is 0 Å². The molecule has 0 aromatic heterocycles. The largest absolute Gasteiger partial charge is 0.489 e. The average Bonchev–Trinajstić information content (AvgIpc) is 2.89. The SMILES string of the molecule is CC1CCC(Oc2cc3c(cc2C(=O)O)OCO3)CC1C. The van der Waals surface area contributed by atoms with Crippen LogP contribution in [0.4, 0.5) is 0 Å². The monoisotopic (exact) mass is 292 g/mol. The molecule has 3 rings (SSSR count). The summed E-state index contributed by atoms with van der Waals surface area (Å²) >= 11 is 0. The van der Waals surface area contributed by atoms with Crippen molar-refractivity contribution in [3.63, 3.8) is 0 Å². The molecule has 0 radical (unpaired) electrons. The van der Waals surface area contributed by atoms with Crippen molar-refractivity contribution >= 4 is 5.97 Å². The molecule has 1 aliphatic heterocycles. The molecule has 1 aromatic carbocycles. The van der Waals surface area contributed by atoms with Gasteiger partial charge in [0.2, 0.25) is 6.79 Å². The molecule has 1 N–H and O–H groups in total. The average molecular weight is 292 g/mol. The van der Waals surface area contributed by atoms with Crippen molar-refractivity contribution in [2.45, 2.75) is 39.2 Å². The molecular formula is C16H20O5. The van der Waals surface area contributed by atoms with Crippen LogP contribution in [-0.4, -0.2) is 24.0 Å². The summed E-state index contributed by atoms with van der Waals surface area (Å²) in [6.07, 6.45) is 3.08. The molecule has 0 spiro atoms. The van der Waals surface area contributed by atoms with E-state index in [1.165, 1.54) is 6.07 Å². The van der Waals surface area contributed by atoms with Gasteiger partial charge in [0.05, 0.1) is 6.10 Å². The van der Waals surface area contributed by atoms with Gasteiger partial charge in [-0.05, 0) is 31.1 Å². The van der Waals surface area contributed by atoms with Crippen LogP contribution in [0.1, 0.15) is 43.5 Å². The maximum atomic E-state index is 11.4. The number of benzene rings is 1. The Bertz CT molecular complexity index is 554. The lowest BCUT2D eigenvalue weighted by Gasteiger charge is -2.32. The lowest BCUT2D eigenvalue weighted by molar-refractivity contribution is 0.0675. The van der Waals surface area contributed by atoms with Crippen molar-refractivity contribution in [2.24, 2.45) is 11.8 Å². The number of ether oxygens (including phenoxy) is 3. The summed E-state index contributed by atoms with van der Waals surface area (Å²) in [6, 6.07) is 3.11. The van der Waals surface area contributed by atoms with Crippen LogP contribution >= 0.6 is 0 Å². The summed E-state index contributed by atoms with van der Waals surface area (Å²) in [5.74, 6) is 1.66. The maximum Gasteiger partial charge on any atom is 0.339 e. The number of rotatable bonds is 3. The van der Waals surface area contributed by atoms with Crippen molar-refractivity contribution in [1.29, 1.82) is 0 Å². The van der Waals surface area contributed by atoms with Gasteiger partial charge >= 0.3 is 5.97 Å². The standard InChI is InChI=1S/C16H20O5/c1-9-3-4-11(5-10(9)2)21-13-7-15-14(19-8-20-15)6-12(13)16(17)18/h6-7,9-11H,3-5,8H2,1-2H3,(H,17,18). The van der Waals surface area contributed by atoms with Crippen LogP contribution < -0.4 is 14.2 Å². The molecule has 0 saturated heterocycles. The highest BCUT2D eigenvalue weighted by Crippen LogP contribution is 2.40. The smallest absolute Gasteiger partial charge is 0.339 e. The van der Waals surface area contributed by atoms with E-state index in [4.69, 9.17) is 14.2 Å². The number of aromatic carboxylic acids is 1. The number of fused-ring (bicyclic) bond motifs is 1. The third kappa shape index (κ3) is 2.77. The van der Waals surface area contributed by atoms with E-state index in [0.29, 0.717) is 29.1 Å². The van der Waals surface area contributed by atoms with Crippen LogP contribution in [0, 0.1) is 11.8 Å². The van der Waals surface area contributed by atoms with Crippen LogP contribution in [0.25, 0.3) is 0 Å². The Labute approximate surface area is 123 Å². The lowest BCUT2D eigenvalue weighted by atomic mass is 9.80. The van der Waals surface area contributed by atoms with E-state index in [9.17, 15) is 9.90 Å². The minimum atomic E-state index is -1.01. The molecule has 5 heteroatoms. The number of carbonyl (C=O) groups is 1. The second-order valence-electron chi connectivity index (χ2n) is 6.01. The van der Waals surface area contributed by atoms with E-state index in [2.05, 4.69) is 13.8 Å². The quantitative estimate of drug-likeness (QED) is 0.925. The molecule has 0 bridgehead atoms. The van der Waals surface area contributed by atoms with Crippen LogP contribution in [0.2, 0.25) is 0 Å². The Morgan fingerprint density at radius 1 is 1.19 bits per heavy atom. The van der Waals surface area contributed by atoms with Gasteiger partial charge in [0.15, 0.2) is 11.5 Å². The Hall–Kier alpha value is -1.91. The summed E-state index contributed by atoms with van der Waals surface area (Å²) < 4.78 is 16.5. The first-order valence-electron chi connectivity index (χ1n) is 7.38. The summed E-state index contributed by atoms with van der Waals surface area (Å²) in [6.45, 7) is 4.60. The van der Waals surface area contributed by atoms with Crippen molar-refractivity contribution in [1.82, 2.24) is 0 Å². The number of carboxylic acids is 1. The predicted octanol–water partition coefficient (Wildman–Crippen LogP) is 3.32. The molecule has 0 amide bonds. The predicted molar refractivity (Wildman–Crippen MR) is 76.1 cm³/mol. The molecule has 114 valence electrons. The summed E-state index contributed by atoms with van der Waals surface area (Å²) in [4.78, 5) is 11.4. The highest BCUT2D eigenvalue weighted by Gasteiger charge is 2.28. The third-order valence-corrected chi connectivity index (χ3v) is 4.55. The fourth-order valence-corrected chi connectivity index (χ4v) is 2.97. The summed E-state index contributed by atoms with van der Waals surface area (Å²) in [7, 11) is 0. The normalized spacial score (nSPS) is 27.4. The van der Waals surface area contributed by atoms with E-state index in [0.717, 1.165) is 19.3 Å². The fourth-order valence-electron chi connectivity index (χ4n) is 2.97. The minimum Gasteiger partial charge on any atom is -0.489 e. The molecular weight excluding hydrogens is 272 g/mol. The van der Waals surface area contributed by atoms with E-state index < -0.39 is 5.97 Å². The molecule has 1 aliphatic carbocycles. The van der Waals surface area contributed by atoms with Gasteiger partial charge in [-0.15, -0.1) is 0 Å². The zero-order valence-corrected chi connectivity index (χ0v) is 12.3. The second kappa shape index (κ2) is 5.47. The molecule has 1 saturated carbocycles. The highest BCUT2D eigenvalue weighted by atomic mass is 16.7. The summed E-state index contributed by atoms with van der Waals surface area (Å²) in [5, 5.41) is 9.34. The van der Waals surface area contributed by atoms with E-state index in [1.807, 2.05) is 0 Å². The number of hydrogen-bond donors (Lipinski definition) is 1. The first-order valence-corrected chi connectivity index (χ1v) is 7.38. The molecule has 1 heterocycles. The molecule has 1 fully saturated rings. The second-order valence-corrected chi connectivity index (χ2v) is 6.01. The fraction of sp³-hybridized carbons (Fsp3) is 0.562. The molecule has 2 aliphatic rings. The molecule has 5 nitrogen and oxygen atoms in total. The van der Waals surface area contributed by atoms with Gasteiger partial charge in [-0.2, -0.15) is 0 Å². The van der Waals surface area contributed by atoms with E-state index in [-0.39, 0.29) is 18.5 Å². The van der Waals surface area contributed by atoms with Gasteiger partial charge in [0, 0.05) is 12.1 Å². The van der Waals surface area contributed by atoms with Crippen molar-refractivity contribution in [2.75, 3.05) is 6.79 Å². The van der Waals surface area contributed by atoms with Gasteiger partial charge < -0.3 is 19.3 Å². The van der Waals surface area contributed by atoms with Crippen molar-refractivity contribution < 1.29 is 24.1 Å². The Kier molecular flexibility index (Phi) is 3.66. The molecule has 3 atom stereocenters. The Morgan fingerprint density at radius 2 is 1.90 bits per heavy atom.